The molecule has 0 aliphatic carbocycles. The van der Waals surface area contributed by atoms with Crippen LogP contribution in [-0.4, -0.2) is 36.8 Å². The standard InChI is InChI=1S/C21H19ClN2O5/c22-16-5-1-3-14(11-16)9-10-23-18(25)13-29-21(28)15-4-2-6-17(12-15)24-19(26)7-8-20(24)27/h1-6,11-12H,7-10,13H2,(H,23,25). The van der Waals surface area contributed by atoms with Gasteiger partial charge in [-0.2, -0.15) is 0 Å². The number of carbonyl (C=O) groups excluding carboxylic acids is 4. The fraction of sp³-hybridized carbons (Fsp3) is 0.238. The zero-order chi connectivity index (χ0) is 20.8. The van der Waals surface area contributed by atoms with E-state index < -0.39 is 18.5 Å². The topological polar surface area (TPSA) is 92.8 Å². The van der Waals surface area contributed by atoms with Gasteiger partial charge in [0.05, 0.1) is 11.3 Å². The molecule has 3 rings (SSSR count). The van der Waals surface area contributed by atoms with Crippen molar-refractivity contribution in [1.29, 1.82) is 0 Å². The van der Waals surface area contributed by atoms with Crippen molar-refractivity contribution in [2.75, 3.05) is 18.1 Å². The third kappa shape index (κ3) is 5.42. The minimum absolute atomic E-state index is 0.154. The second-order valence-corrected chi connectivity index (χ2v) is 6.92. The molecule has 1 aliphatic rings. The second-order valence-electron chi connectivity index (χ2n) is 6.48. The van der Waals surface area contributed by atoms with Gasteiger partial charge >= 0.3 is 5.97 Å². The number of nitrogens with one attached hydrogen (secondary N) is 1. The van der Waals surface area contributed by atoms with E-state index in [0.29, 0.717) is 23.7 Å². The molecule has 8 heteroatoms. The smallest absolute Gasteiger partial charge is 0.338 e. The monoisotopic (exact) mass is 414 g/mol. The van der Waals surface area contributed by atoms with Gasteiger partial charge in [-0.1, -0.05) is 29.8 Å². The molecular weight excluding hydrogens is 396 g/mol. The average molecular weight is 415 g/mol. The van der Waals surface area contributed by atoms with Crippen molar-refractivity contribution in [3.8, 4) is 0 Å². The maximum Gasteiger partial charge on any atom is 0.338 e. The number of carbonyl (C=O) groups is 4. The molecule has 1 saturated heterocycles. The third-order valence-electron chi connectivity index (χ3n) is 4.35. The van der Waals surface area contributed by atoms with E-state index in [-0.39, 0.29) is 30.2 Å². The summed E-state index contributed by atoms with van der Waals surface area (Å²) in [7, 11) is 0. The molecule has 7 nitrogen and oxygen atoms in total. The zero-order valence-electron chi connectivity index (χ0n) is 15.5. The van der Waals surface area contributed by atoms with Crippen LogP contribution in [0.4, 0.5) is 5.69 Å². The van der Waals surface area contributed by atoms with Crippen LogP contribution in [0.5, 0.6) is 0 Å². The van der Waals surface area contributed by atoms with Crippen LogP contribution in [0.25, 0.3) is 0 Å². The molecule has 0 aromatic heterocycles. The number of nitrogens with zero attached hydrogens (tertiary/aromatic N) is 1. The normalized spacial score (nSPS) is 13.5. The SMILES string of the molecule is O=C(COC(=O)c1cccc(N2C(=O)CCC2=O)c1)NCCc1cccc(Cl)c1. The molecular formula is C21H19ClN2O5. The van der Waals surface area contributed by atoms with E-state index in [1.165, 1.54) is 12.1 Å². The van der Waals surface area contributed by atoms with Gasteiger partial charge in [0.15, 0.2) is 6.61 Å². The lowest BCUT2D eigenvalue weighted by molar-refractivity contribution is -0.124. The Kier molecular flexibility index (Phi) is 6.61. The van der Waals surface area contributed by atoms with Gasteiger partial charge in [0.1, 0.15) is 0 Å². The summed E-state index contributed by atoms with van der Waals surface area (Å²) in [6.07, 6.45) is 0.909. The Morgan fingerprint density at radius 2 is 1.76 bits per heavy atom. The summed E-state index contributed by atoms with van der Waals surface area (Å²) >= 11 is 5.91. The third-order valence-corrected chi connectivity index (χ3v) is 4.59. The largest absolute Gasteiger partial charge is 0.452 e. The number of halogens is 1. The van der Waals surface area contributed by atoms with E-state index in [4.69, 9.17) is 16.3 Å². The van der Waals surface area contributed by atoms with E-state index in [0.717, 1.165) is 10.5 Å². The molecule has 2 aromatic rings. The van der Waals surface area contributed by atoms with Gasteiger partial charge in [0.25, 0.3) is 5.91 Å². The number of hydrogen-bond donors (Lipinski definition) is 1. The van der Waals surface area contributed by atoms with E-state index in [1.807, 2.05) is 18.2 Å². The molecule has 0 radical (unpaired) electrons. The van der Waals surface area contributed by atoms with Crippen LogP contribution in [0.3, 0.4) is 0 Å². The van der Waals surface area contributed by atoms with Crippen molar-refractivity contribution in [3.05, 3.63) is 64.7 Å². The summed E-state index contributed by atoms with van der Waals surface area (Å²) < 4.78 is 5.02. The molecule has 29 heavy (non-hydrogen) atoms. The van der Waals surface area contributed by atoms with Crippen LogP contribution in [0.1, 0.15) is 28.8 Å². The highest BCUT2D eigenvalue weighted by atomic mass is 35.5. The molecule has 0 unspecified atom stereocenters. The Labute approximate surface area is 172 Å². The first-order valence-corrected chi connectivity index (χ1v) is 9.46. The molecule has 0 spiro atoms. The summed E-state index contributed by atoms with van der Waals surface area (Å²) in [6.45, 7) is -0.0500. The van der Waals surface area contributed by atoms with Gasteiger partial charge in [-0.15, -0.1) is 0 Å². The fourth-order valence-corrected chi connectivity index (χ4v) is 3.15. The molecule has 1 N–H and O–H groups in total. The van der Waals surface area contributed by atoms with Gasteiger partial charge in [0, 0.05) is 24.4 Å². The summed E-state index contributed by atoms with van der Waals surface area (Å²) in [5.41, 5.74) is 1.46. The first kappa shape index (κ1) is 20.5. The number of esters is 1. The Hall–Kier alpha value is -3.19. The second kappa shape index (κ2) is 9.34. The maximum absolute atomic E-state index is 12.2. The van der Waals surface area contributed by atoms with Gasteiger partial charge in [-0.05, 0) is 42.3 Å². The number of benzene rings is 2. The van der Waals surface area contributed by atoms with Gasteiger partial charge in [-0.3, -0.25) is 19.3 Å². The van der Waals surface area contributed by atoms with E-state index in [9.17, 15) is 19.2 Å². The van der Waals surface area contributed by atoms with Crippen molar-refractivity contribution < 1.29 is 23.9 Å². The number of amides is 3. The molecule has 0 bridgehead atoms. The first-order valence-electron chi connectivity index (χ1n) is 9.08. The number of anilines is 1. The summed E-state index contributed by atoms with van der Waals surface area (Å²) in [4.78, 5) is 48.8. The molecule has 1 aliphatic heterocycles. The van der Waals surface area contributed by atoms with Crippen LogP contribution in [0, 0.1) is 0 Å². The lowest BCUT2D eigenvalue weighted by Gasteiger charge is -2.14. The van der Waals surface area contributed by atoms with Crippen LogP contribution in [0.15, 0.2) is 48.5 Å². The highest BCUT2D eigenvalue weighted by molar-refractivity contribution is 6.30. The Bertz CT molecular complexity index is 944. The highest BCUT2D eigenvalue weighted by Gasteiger charge is 2.30. The Morgan fingerprint density at radius 3 is 2.48 bits per heavy atom. The maximum atomic E-state index is 12.2. The lowest BCUT2D eigenvalue weighted by atomic mass is 10.1. The molecule has 3 amide bonds. The van der Waals surface area contributed by atoms with Gasteiger partial charge in [-0.25, -0.2) is 4.79 Å². The summed E-state index contributed by atoms with van der Waals surface area (Å²) in [6, 6.07) is 13.3. The van der Waals surface area contributed by atoms with Crippen LogP contribution < -0.4 is 10.2 Å². The van der Waals surface area contributed by atoms with Crippen molar-refractivity contribution in [3.63, 3.8) is 0 Å². The summed E-state index contributed by atoms with van der Waals surface area (Å²) in [5.74, 6) is -1.75. The van der Waals surface area contributed by atoms with Crippen molar-refractivity contribution in [2.45, 2.75) is 19.3 Å². The van der Waals surface area contributed by atoms with Gasteiger partial charge in [0.2, 0.25) is 11.8 Å². The lowest BCUT2D eigenvalue weighted by Crippen LogP contribution is -2.30. The quantitative estimate of drug-likeness (QED) is 0.555. The van der Waals surface area contributed by atoms with Crippen LogP contribution in [0.2, 0.25) is 5.02 Å². The fourth-order valence-electron chi connectivity index (χ4n) is 2.94. The van der Waals surface area contributed by atoms with E-state index in [2.05, 4.69) is 5.32 Å². The number of imide groups is 1. The van der Waals surface area contributed by atoms with E-state index >= 15 is 0 Å². The molecule has 0 saturated carbocycles. The number of hydrogen-bond acceptors (Lipinski definition) is 5. The van der Waals surface area contributed by atoms with Gasteiger partial charge < -0.3 is 10.1 Å². The van der Waals surface area contributed by atoms with E-state index in [1.54, 1.807) is 18.2 Å². The Balaban J connectivity index is 1.49. The number of ether oxygens (including phenoxy) is 1. The van der Waals surface area contributed by atoms with Crippen molar-refractivity contribution in [1.82, 2.24) is 5.32 Å². The van der Waals surface area contributed by atoms with Crippen molar-refractivity contribution >= 4 is 41.0 Å². The number of rotatable bonds is 7. The molecule has 0 atom stereocenters. The molecule has 1 heterocycles. The molecule has 150 valence electrons. The van der Waals surface area contributed by atoms with Crippen LogP contribution >= 0.6 is 11.6 Å². The minimum Gasteiger partial charge on any atom is -0.452 e. The Morgan fingerprint density at radius 1 is 1.03 bits per heavy atom. The average Bonchev–Trinajstić information content (AvgIpc) is 3.04. The highest BCUT2D eigenvalue weighted by Crippen LogP contribution is 2.23. The first-order chi connectivity index (χ1) is 13.9. The van der Waals surface area contributed by atoms with Crippen molar-refractivity contribution in [2.24, 2.45) is 0 Å². The minimum atomic E-state index is -0.712. The zero-order valence-corrected chi connectivity index (χ0v) is 16.3. The molecule has 1 fully saturated rings. The van der Waals surface area contributed by atoms with Crippen LogP contribution in [-0.2, 0) is 25.5 Å². The predicted octanol–water partition coefficient (Wildman–Crippen LogP) is 2.51. The predicted molar refractivity (Wildman–Crippen MR) is 107 cm³/mol. The molecule has 2 aromatic carbocycles. The summed E-state index contributed by atoms with van der Waals surface area (Å²) in [5, 5.41) is 3.30.